The second-order valence-corrected chi connectivity index (χ2v) is 3.82. The average Bonchev–Trinajstić information content (AvgIpc) is 2.98. The number of rotatable bonds is 4. The van der Waals surface area contributed by atoms with Gasteiger partial charge in [-0.3, -0.25) is 0 Å². The Morgan fingerprint density at radius 2 is 2.12 bits per heavy atom. The van der Waals surface area contributed by atoms with Crippen LogP contribution in [0.15, 0.2) is 12.1 Å². The molecule has 0 spiro atoms. The van der Waals surface area contributed by atoms with Crippen molar-refractivity contribution in [3.63, 3.8) is 0 Å². The first kappa shape index (κ1) is 10.9. The molecule has 1 aromatic rings. The minimum atomic E-state index is -1.40. The van der Waals surface area contributed by atoms with Crippen LogP contribution < -0.4 is 4.74 Å². The summed E-state index contributed by atoms with van der Waals surface area (Å²) in [5.74, 6) is -3.30. The number of carboxylic acid groups (broad SMARTS) is 1. The van der Waals surface area contributed by atoms with Crippen molar-refractivity contribution in [1.82, 2.24) is 0 Å². The summed E-state index contributed by atoms with van der Waals surface area (Å²) in [6.07, 6.45) is 2.01. The highest BCUT2D eigenvalue weighted by atomic mass is 19.1. The Morgan fingerprint density at radius 3 is 2.69 bits per heavy atom. The predicted molar refractivity (Wildman–Crippen MR) is 51.5 cm³/mol. The molecule has 1 aliphatic carbocycles. The summed E-state index contributed by atoms with van der Waals surface area (Å²) in [5.41, 5.74) is -0.474. The van der Waals surface area contributed by atoms with Gasteiger partial charge < -0.3 is 9.84 Å². The maximum atomic E-state index is 13.3. The van der Waals surface area contributed by atoms with Crippen LogP contribution in [0.3, 0.4) is 0 Å². The van der Waals surface area contributed by atoms with Crippen molar-refractivity contribution >= 4 is 5.97 Å². The Kier molecular flexibility index (Phi) is 2.77. The Balaban J connectivity index is 2.27. The number of halogens is 2. The minimum absolute atomic E-state index is 0.281. The van der Waals surface area contributed by atoms with Crippen LogP contribution in [0.2, 0.25) is 0 Å². The van der Waals surface area contributed by atoms with E-state index < -0.39 is 23.2 Å². The number of hydrogen-bond acceptors (Lipinski definition) is 2. The Morgan fingerprint density at radius 1 is 1.44 bits per heavy atom. The van der Waals surface area contributed by atoms with Gasteiger partial charge in [-0.2, -0.15) is 0 Å². The lowest BCUT2D eigenvalue weighted by Gasteiger charge is -2.09. The SMILES string of the molecule is O=C(O)c1cc(F)cc(F)c1OCC1CC1. The molecule has 0 saturated heterocycles. The van der Waals surface area contributed by atoms with E-state index in [1.807, 2.05) is 0 Å². The topological polar surface area (TPSA) is 46.5 Å². The molecule has 16 heavy (non-hydrogen) atoms. The Hall–Kier alpha value is -1.65. The van der Waals surface area contributed by atoms with Crippen LogP contribution in [0.4, 0.5) is 8.78 Å². The van der Waals surface area contributed by atoms with Gasteiger partial charge in [0.25, 0.3) is 0 Å². The zero-order valence-corrected chi connectivity index (χ0v) is 8.37. The van der Waals surface area contributed by atoms with Gasteiger partial charge in [-0.15, -0.1) is 0 Å². The van der Waals surface area contributed by atoms with E-state index in [2.05, 4.69) is 0 Å². The lowest BCUT2D eigenvalue weighted by molar-refractivity contribution is 0.0690. The first-order valence-electron chi connectivity index (χ1n) is 4.93. The van der Waals surface area contributed by atoms with Crippen LogP contribution in [0.1, 0.15) is 23.2 Å². The molecule has 1 aliphatic rings. The third-order valence-corrected chi connectivity index (χ3v) is 2.40. The maximum Gasteiger partial charge on any atom is 0.339 e. The highest BCUT2D eigenvalue weighted by Crippen LogP contribution is 2.31. The van der Waals surface area contributed by atoms with Crippen molar-refractivity contribution < 1.29 is 23.4 Å². The summed E-state index contributed by atoms with van der Waals surface area (Å²) < 4.78 is 31.2. The quantitative estimate of drug-likeness (QED) is 0.860. The van der Waals surface area contributed by atoms with E-state index in [9.17, 15) is 13.6 Å². The van der Waals surface area contributed by atoms with Crippen molar-refractivity contribution in [1.29, 1.82) is 0 Å². The van der Waals surface area contributed by atoms with Gasteiger partial charge in [-0.05, 0) is 24.8 Å². The summed E-state index contributed by atoms with van der Waals surface area (Å²) in [6.45, 7) is 0.281. The summed E-state index contributed by atoms with van der Waals surface area (Å²) >= 11 is 0. The molecule has 2 rings (SSSR count). The second-order valence-electron chi connectivity index (χ2n) is 3.82. The summed E-state index contributed by atoms with van der Waals surface area (Å²) in [6, 6.07) is 1.38. The van der Waals surface area contributed by atoms with Gasteiger partial charge in [-0.1, -0.05) is 0 Å². The smallest absolute Gasteiger partial charge is 0.339 e. The van der Waals surface area contributed by atoms with Gasteiger partial charge in [0.05, 0.1) is 6.61 Å². The van der Waals surface area contributed by atoms with Gasteiger partial charge >= 0.3 is 5.97 Å². The van der Waals surface area contributed by atoms with Crippen molar-refractivity contribution in [2.75, 3.05) is 6.61 Å². The molecule has 0 unspecified atom stereocenters. The number of ether oxygens (including phenoxy) is 1. The zero-order chi connectivity index (χ0) is 11.7. The van der Waals surface area contributed by atoms with E-state index in [1.165, 1.54) is 0 Å². The van der Waals surface area contributed by atoms with Gasteiger partial charge in [-0.25, -0.2) is 13.6 Å². The summed E-state index contributed by atoms with van der Waals surface area (Å²) in [4.78, 5) is 10.8. The summed E-state index contributed by atoms with van der Waals surface area (Å²) in [7, 11) is 0. The lowest BCUT2D eigenvalue weighted by atomic mass is 10.2. The number of benzene rings is 1. The Bertz CT molecular complexity index is 427. The van der Waals surface area contributed by atoms with Crippen molar-refractivity contribution in [3.05, 3.63) is 29.3 Å². The van der Waals surface area contributed by atoms with Crippen LogP contribution >= 0.6 is 0 Å². The standard InChI is InChI=1S/C11H10F2O3/c12-7-3-8(11(14)15)10(9(13)4-7)16-5-6-1-2-6/h3-4,6H,1-2,5H2,(H,14,15). The largest absolute Gasteiger partial charge is 0.489 e. The monoisotopic (exact) mass is 228 g/mol. The highest BCUT2D eigenvalue weighted by Gasteiger charge is 2.25. The van der Waals surface area contributed by atoms with Crippen molar-refractivity contribution in [2.24, 2.45) is 5.92 Å². The van der Waals surface area contributed by atoms with Crippen molar-refractivity contribution in [3.8, 4) is 5.75 Å². The molecule has 0 atom stereocenters. The molecular weight excluding hydrogens is 218 g/mol. The number of aromatic carboxylic acids is 1. The molecule has 0 amide bonds. The number of carboxylic acids is 1. The number of hydrogen-bond donors (Lipinski definition) is 1. The fourth-order valence-corrected chi connectivity index (χ4v) is 1.35. The van der Waals surface area contributed by atoms with E-state index in [0.29, 0.717) is 12.0 Å². The van der Waals surface area contributed by atoms with Gasteiger partial charge in [0.15, 0.2) is 11.6 Å². The van der Waals surface area contributed by atoms with E-state index in [-0.39, 0.29) is 12.4 Å². The fraction of sp³-hybridized carbons (Fsp3) is 0.364. The molecule has 1 saturated carbocycles. The van der Waals surface area contributed by atoms with Crippen LogP contribution in [0.25, 0.3) is 0 Å². The van der Waals surface area contributed by atoms with E-state index in [4.69, 9.17) is 9.84 Å². The second kappa shape index (κ2) is 4.08. The van der Waals surface area contributed by atoms with Crippen LogP contribution in [0, 0.1) is 17.6 Å². The third-order valence-electron chi connectivity index (χ3n) is 2.40. The zero-order valence-electron chi connectivity index (χ0n) is 8.37. The molecular formula is C11H10F2O3. The predicted octanol–water partition coefficient (Wildman–Crippen LogP) is 2.45. The van der Waals surface area contributed by atoms with E-state index in [0.717, 1.165) is 18.9 Å². The molecule has 0 bridgehead atoms. The summed E-state index contributed by atoms with van der Waals surface area (Å²) in [5, 5.41) is 8.78. The van der Waals surface area contributed by atoms with Crippen molar-refractivity contribution in [2.45, 2.75) is 12.8 Å². The van der Waals surface area contributed by atoms with Gasteiger partial charge in [0.1, 0.15) is 11.4 Å². The molecule has 0 radical (unpaired) electrons. The van der Waals surface area contributed by atoms with Gasteiger partial charge in [0.2, 0.25) is 0 Å². The molecule has 0 heterocycles. The normalized spacial score (nSPS) is 14.9. The van der Waals surface area contributed by atoms with Crippen LogP contribution in [-0.4, -0.2) is 17.7 Å². The molecule has 86 valence electrons. The molecule has 1 fully saturated rings. The maximum absolute atomic E-state index is 13.3. The first-order chi connectivity index (χ1) is 7.58. The Labute approximate surface area is 90.7 Å². The number of carbonyl (C=O) groups is 1. The molecule has 5 heteroatoms. The van der Waals surface area contributed by atoms with Crippen LogP contribution in [-0.2, 0) is 0 Å². The highest BCUT2D eigenvalue weighted by molar-refractivity contribution is 5.90. The minimum Gasteiger partial charge on any atom is -0.489 e. The molecule has 3 nitrogen and oxygen atoms in total. The molecule has 0 aliphatic heterocycles. The van der Waals surface area contributed by atoms with E-state index >= 15 is 0 Å². The first-order valence-corrected chi connectivity index (χ1v) is 4.93. The van der Waals surface area contributed by atoms with Gasteiger partial charge in [0, 0.05) is 6.07 Å². The molecule has 1 aromatic carbocycles. The van der Waals surface area contributed by atoms with Crippen LogP contribution in [0.5, 0.6) is 5.75 Å². The van der Waals surface area contributed by atoms with E-state index in [1.54, 1.807) is 0 Å². The average molecular weight is 228 g/mol. The lowest BCUT2D eigenvalue weighted by Crippen LogP contribution is -2.08. The molecule has 0 aromatic heterocycles. The third kappa shape index (κ3) is 2.29. The fourth-order valence-electron chi connectivity index (χ4n) is 1.35. The molecule has 1 N–H and O–H groups in total.